The summed E-state index contributed by atoms with van der Waals surface area (Å²) in [6.07, 6.45) is -0.326. The number of carbonyl (C=O) groups excluding carboxylic acids is 1. The van der Waals surface area contributed by atoms with Gasteiger partial charge in [0.25, 0.3) is 0 Å². The van der Waals surface area contributed by atoms with Gasteiger partial charge < -0.3 is 9.47 Å². The normalized spacial score (nSPS) is 11.9. The summed E-state index contributed by atoms with van der Waals surface area (Å²) in [5, 5.41) is 2.13. The minimum Gasteiger partial charge on any atom is -0.489 e. The van der Waals surface area contributed by atoms with Crippen molar-refractivity contribution in [2.45, 2.75) is 26.6 Å². The smallest absolute Gasteiger partial charge is 0.303 e. The Hall–Kier alpha value is -2.81. The van der Waals surface area contributed by atoms with Crippen LogP contribution in [0.4, 0.5) is 0 Å². The third-order valence-corrected chi connectivity index (χ3v) is 3.90. The van der Waals surface area contributed by atoms with Crippen molar-refractivity contribution in [3.05, 3.63) is 77.9 Å². The van der Waals surface area contributed by atoms with Crippen molar-refractivity contribution < 1.29 is 14.3 Å². The van der Waals surface area contributed by atoms with Gasteiger partial charge in [-0.2, -0.15) is 0 Å². The second-order valence-electron chi connectivity index (χ2n) is 5.76. The van der Waals surface area contributed by atoms with Gasteiger partial charge in [0.1, 0.15) is 18.5 Å². The zero-order valence-corrected chi connectivity index (χ0v) is 13.9. The first-order valence-corrected chi connectivity index (χ1v) is 8.00. The SMILES string of the molecule is CC(=O)OC(C)c1cc(OCc2ccccc2)cc2ccccc12. The molecule has 0 aliphatic carbocycles. The average Bonchev–Trinajstić information content (AvgIpc) is 2.59. The quantitative estimate of drug-likeness (QED) is 0.618. The molecule has 0 bridgehead atoms. The number of carbonyl (C=O) groups is 1. The molecule has 122 valence electrons. The van der Waals surface area contributed by atoms with E-state index >= 15 is 0 Å². The molecule has 3 heteroatoms. The van der Waals surface area contributed by atoms with Gasteiger partial charge >= 0.3 is 5.97 Å². The van der Waals surface area contributed by atoms with Gasteiger partial charge in [-0.25, -0.2) is 0 Å². The molecule has 3 rings (SSSR count). The van der Waals surface area contributed by atoms with E-state index in [1.54, 1.807) is 0 Å². The van der Waals surface area contributed by atoms with Crippen LogP contribution in [0.5, 0.6) is 5.75 Å². The van der Waals surface area contributed by atoms with Gasteiger partial charge in [0, 0.05) is 12.5 Å². The fourth-order valence-electron chi connectivity index (χ4n) is 2.78. The third kappa shape index (κ3) is 3.74. The van der Waals surface area contributed by atoms with Crippen LogP contribution in [-0.4, -0.2) is 5.97 Å². The van der Waals surface area contributed by atoms with Crippen LogP contribution in [-0.2, 0) is 16.1 Å². The zero-order chi connectivity index (χ0) is 16.9. The number of ether oxygens (including phenoxy) is 2. The number of benzene rings is 3. The summed E-state index contributed by atoms with van der Waals surface area (Å²) in [6.45, 7) is 3.80. The summed E-state index contributed by atoms with van der Waals surface area (Å²) in [7, 11) is 0. The van der Waals surface area contributed by atoms with E-state index in [1.807, 2.05) is 73.7 Å². The van der Waals surface area contributed by atoms with Crippen molar-refractivity contribution in [3.63, 3.8) is 0 Å². The van der Waals surface area contributed by atoms with Crippen LogP contribution in [0.2, 0.25) is 0 Å². The Morgan fingerprint density at radius 2 is 1.71 bits per heavy atom. The molecule has 0 radical (unpaired) electrons. The van der Waals surface area contributed by atoms with Crippen LogP contribution in [0.3, 0.4) is 0 Å². The summed E-state index contributed by atoms with van der Waals surface area (Å²) >= 11 is 0. The molecule has 0 aliphatic heterocycles. The molecule has 0 fully saturated rings. The van der Waals surface area contributed by atoms with Crippen molar-refractivity contribution in [1.29, 1.82) is 0 Å². The molecule has 3 aromatic carbocycles. The van der Waals surface area contributed by atoms with Gasteiger partial charge in [-0.15, -0.1) is 0 Å². The van der Waals surface area contributed by atoms with Gasteiger partial charge in [-0.05, 0) is 35.4 Å². The Labute approximate surface area is 141 Å². The largest absolute Gasteiger partial charge is 0.489 e. The topological polar surface area (TPSA) is 35.5 Å². The molecule has 1 unspecified atom stereocenters. The maximum atomic E-state index is 11.3. The summed E-state index contributed by atoms with van der Waals surface area (Å²) in [4.78, 5) is 11.3. The Kier molecular flexibility index (Phi) is 4.80. The van der Waals surface area contributed by atoms with Gasteiger partial charge in [0.15, 0.2) is 0 Å². The van der Waals surface area contributed by atoms with Gasteiger partial charge in [-0.3, -0.25) is 4.79 Å². The summed E-state index contributed by atoms with van der Waals surface area (Å²) in [5.74, 6) is 0.480. The van der Waals surface area contributed by atoms with E-state index in [2.05, 4.69) is 0 Å². The summed E-state index contributed by atoms with van der Waals surface area (Å²) in [5.41, 5.74) is 2.06. The summed E-state index contributed by atoms with van der Waals surface area (Å²) < 4.78 is 11.3. The molecular weight excluding hydrogens is 300 g/mol. The Balaban J connectivity index is 1.92. The van der Waals surface area contributed by atoms with Crippen LogP contribution < -0.4 is 4.74 Å². The van der Waals surface area contributed by atoms with E-state index < -0.39 is 0 Å². The monoisotopic (exact) mass is 320 g/mol. The fourth-order valence-corrected chi connectivity index (χ4v) is 2.78. The molecule has 0 aliphatic rings. The maximum absolute atomic E-state index is 11.3. The van der Waals surface area contributed by atoms with E-state index in [0.29, 0.717) is 6.61 Å². The van der Waals surface area contributed by atoms with Crippen molar-refractivity contribution >= 4 is 16.7 Å². The lowest BCUT2D eigenvalue weighted by Crippen LogP contribution is -2.06. The van der Waals surface area contributed by atoms with E-state index in [-0.39, 0.29) is 12.1 Å². The zero-order valence-electron chi connectivity index (χ0n) is 13.9. The average molecular weight is 320 g/mol. The van der Waals surface area contributed by atoms with Crippen LogP contribution in [0.15, 0.2) is 66.7 Å². The number of rotatable bonds is 5. The lowest BCUT2D eigenvalue weighted by Gasteiger charge is -2.17. The lowest BCUT2D eigenvalue weighted by molar-refractivity contribution is -0.145. The second-order valence-corrected chi connectivity index (χ2v) is 5.76. The van der Waals surface area contributed by atoms with E-state index in [9.17, 15) is 4.79 Å². The van der Waals surface area contributed by atoms with Gasteiger partial charge in [0.05, 0.1) is 0 Å². The van der Waals surface area contributed by atoms with Crippen molar-refractivity contribution in [2.24, 2.45) is 0 Å². The lowest BCUT2D eigenvalue weighted by atomic mass is 10.0. The van der Waals surface area contributed by atoms with Crippen LogP contribution in [0, 0.1) is 0 Å². The number of hydrogen-bond donors (Lipinski definition) is 0. The van der Waals surface area contributed by atoms with Gasteiger partial charge in [-0.1, -0.05) is 54.6 Å². The Bertz CT molecular complexity index is 840. The molecular formula is C21H20O3. The van der Waals surface area contributed by atoms with Crippen molar-refractivity contribution in [1.82, 2.24) is 0 Å². The van der Waals surface area contributed by atoms with Crippen LogP contribution >= 0.6 is 0 Å². The molecule has 0 heterocycles. The highest BCUT2D eigenvalue weighted by Gasteiger charge is 2.14. The molecule has 0 N–H and O–H groups in total. The minimum absolute atomic E-state index is 0.290. The molecule has 3 aromatic rings. The highest BCUT2D eigenvalue weighted by Crippen LogP contribution is 2.31. The standard InChI is InChI=1S/C21H20O3/c1-15(24-16(2)22)21-13-19(12-18-10-6-7-11-20(18)21)23-14-17-8-4-3-5-9-17/h3-13,15H,14H2,1-2H3. The number of fused-ring (bicyclic) bond motifs is 1. The third-order valence-electron chi connectivity index (χ3n) is 3.90. The second kappa shape index (κ2) is 7.18. The molecule has 1 atom stereocenters. The van der Waals surface area contributed by atoms with Crippen LogP contribution in [0.25, 0.3) is 10.8 Å². The Morgan fingerprint density at radius 3 is 2.46 bits per heavy atom. The molecule has 0 saturated carbocycles. The van der Waals surface area contributed by atoms with Crippen molar-refractivity contribution in [3.8, 4) is 5.75 Å². The number of esters is 1. The van der Waals surface area contributed by atoms with Crippen LogP contribution in [0.1, 0.15) is 31.1 Å². The Morgan fingerprint density at radius 1 is 1.00 bits per heavy atom. The first-order chi connectivity index (χ1) is 11.6. The molecule has 0 saturated heterocycles. The molecule has 24 heavy (non-hydrogen) atoms. The minimum atomic E-state index is -0.326. The van der Waals surface area contributed by atoms with E-state index in [0.717, 1.165) is 27.6 Å². The predicted octanol–water partition coefficient (Wildman–Crippen LogP) is 5.04. The molecule has 3 nitrogen and oxygen atoms in total. The summed E-state index contributed by atoms with van der Waals surface area (Å²) in [6, 6.07) is 22.0. The van der Waals surface area contributed by atoms with Crippen molar-refractivity contribution in [2.75, 3.05) is 0 Å². The first kappa shape index (κ1) is 16.1. The molecule has 0 amide bonds. The van der Waals surface area contributed by atoms with E-state index in [4.69, 9.17) is 9.47 Å². The highest BCUT2D eigenvalue weighted by atomic mass is 16.5. The maximum Gasteiger partial charge on any atom is 0.303 e. The van der Waals surface area contributed by atoms with Gasteiger partial charge in [0.2, 0.25) is 0 Å². The number of hydrogen-bond acceptors (Lipinski definition) is 3. The van der Waals surface area contributed by atoms with E-state index in [1.165, 1.54) is 6.92 Å². The molecule has 0 aromatic heterocycles. The molecule has 0 spiro atoms. The predicted molar refractivity (Wildman–Crippen MR) is 94.9 cm³/mol. The highest BCUT2D eigenvalue weighted by molar-refractivity contribution is 5.87. The fraction of sp³-hybridized carbons (Fsp3) is 0.190. The first-order valence-electron chi connectivity index (χ1n) is 8.00.